The molecule has 1 fully saturated rings. The molecule has 29 heavy (non-hydrogen) atoms. The van der Waals surface area contributed by atoms with Crippen LogP contribution in [-0.2, 0) is 0 Å². The Morgan fingerprint density at radius 2 is 0.655 bits per heavy atom. The molecule has 0 aromatic heterocycles. The van der Waals surface area contributed by atoms with E-state index in [0.29, 0.717) is 5.54 Å². The molecular formula is C24H36Si5. The van der Waals surface area contributed by atoms with Crippen molar-refractivity contribution in [2.75, 3.05) is 0 Å². The van der Waals surface area contributed by atoms with Crippen LogP contribution in [0.5, 0.6) is 0 Å². The maximum atomic E-state index is 3.82. The minimum atomic E-state index is -1.97. The van der Waals surface area contributed by atoms with Crippen LogP contribution in [0, 0.1) is 55.4 Å². The highest BCUT2D eigenvalue weighted by molar-refractivity contribution is 7.03. The van der Waals surface area contributed by atoms with Gasteiger partial charge in [-0.05, 0) is 64.5 Å². The first-order valence-corrected chi connectivity index (χ1v) is 25.4. The summed E-state index contributed by atoms with van der Waals surface area (Å²) in [4.78, 5) is 0. The van der Waals surface area contributed by atoms with Gasteiger partial charge in [-0.25, -0.2) is 0 Å². The van der Waals surface area contributed by atoms with E-state index in [1.165, 1.54) is 25.7 Å². The van der Waals surface area contributed by atoms with E-state index in [9.17, 15) is 0 Å². The highest BCUT2D eigenvalue weighted by Crippen LogP contribution is 2.38. The number of rotatable bonds is 1. The molecular weight excluding hydrogens is 429 g/mol. The van der Waals surface area contributed by atoms with Crippen LogP contribution in [0.1, 0.15) is 25.7 Å². The van der Waals surface area contributed by atoms with E-state index in [4.69, 9.17) is 0 Å². The summed E-state index contributed by atoms with van der Waals surface area (Å²) >= 11 is 0. The van der Waals surface area contributed by atoms with Crippen LogP contribution >= 0.6 is 0 Å². The van der Waals surface area contributed by atoms with Crippen LogP contribution in [0.3, 0.4) is 0 Å². The summed E-state index contributed by atoms with van der Waals surface area (Å²) in [5.41, 5.74) is 37.4. The van der Waals surface area contributed by atoms with Gasteiger partial charge in [-0.1, -0.05) is 25.7 Å². The van der Waals surface area contributed by atoms with E-state index in [0.717, 1.165) is 0 Å². The smallest absolute Gasteiger partial charge is 0.122 e. The first-order chi connectivity index (χ1) is 13.1. The van der Waals surface area contributed by atoms with Crippen LogP contribution < -0.4 is 0 Å². The normalized spacial score (nSPS) is 25.4. The molecule has 0 aromatic carbocycles. The zero-order valence-corrected chi connectivity index (χ0v) is 24.9. The Morgan fingerprint density at radius 3 is 0.931 bits per heavy atom. The van der Waals surface area contributed by atoms with Gasteiger partial charge in [0.1, 0.15) is 0 Å². The molecule has 0 radical (unpaired) electrons. The molecule has 0 aromatic rings. The van der Waals surface area contributed by atoms with Gasteiger partial charge in [0.05, 0.1) is 0 Å². The lowest BCUT2D eigenvalue weighted by Gasteiger charge is -2.23. The zero-order valence-electron chi connectivity index (χ0n) is 19.9. The van der Waals surface area contributed by atoms with E-state index in [1.807, 2.05) is 0 Å². The Balaban J connectivity index is 2.67. The summed E-state index contributed by atoms with van der Waals surface area (Å²) in [7, 11) is -9.54. The average molecular weight is 465 g/mol. The van der Waals surface area contributed by atoms with Gasteiger partial charge in [0.25, 0.3) is 0 Å². The van der Waals surface area contributed by atoms with Crippen molar-refractivity contribution in [2.45, 2.75) is 90.1 Å². The molecule has 1 aliphatic carbocycles. The second-order valence-electron chi connectivity index (χ2n) is 10.9. The second kappa shape index (κ2) is 8.56. The minimum absolute atomic E-state index is 0.716. The van der Waals surface area contributed by atoms with Gasteiger partial charge >= 0.3 is 0 Å². The Labute approximate surface area is 185 Å². The zero-order chi connectivity index (χ0) is 22.0. The summed E-state index contributed by atoms with van der Waals surface area (Å²) in [6.07, 6.45) is 5.30. The van der Waals surface area contributed by atoms with Crippen molar-refractivity contribution < 1.29 is 0 Å². The van der Waals surface area contributed by atoms with Gasteiger partial charge in [-0.15, -0.1) is 55.4 Å². The van der Waals surface area contributed by atoms with Crippen molar-refractivity contribution in [1.82, 2.24) is 0 Å². The molecule has 1 aliphatic heterocycles. The van der Waals surface area contributed by atoms with Crippen molar-refractivity contribution in [2.24, 2.45) is 0 Å². The lowest BCUT2D eigenvalue weighted by molar-refractivity contribution is 0.852. The fraction of sp³-hybridized carbons (Fsp3) is 0.583. The van der Waals surface area contributed by atoms with Crippen LogP contribution in [0.4, 0.5) is 0 Å². The summed E-state index contributed by atoms with van der Waals surface area (Å²) < 4.78 is 0. The Bertz CT molecular complexity index is 899. The van der Waals surface area contributed by atoms with Gasteiger partial charge in [-0.3, -0.25) is 0 Å². The molecule has 5 heteroatoms. The lowest BCUT2D eigenvalue weighted by atomic mass is 10.4. The number of hydrogen-bond acceptors (Lipinski definition) is 0. The van der Waals surface area contributed by atoms with Crippen LogP contribution in [-0.4, -0.2) is 40.4 Å². The van der Waals surface area contributed by atoms with E-state index >= 15 is 0 Å². The van der Waals surface area contributed by atoms with Crippen molar-refractivity contribution in [3.05, 3.63) is 0 Å². The quantitative estimate of drug-likeness (QED) is 0.366. The van der Waals surface area contributed by atoms with Crippen LogP contribution in [0.25, 0.3) is 0 Å². The molecule has 2 rings (SSSR count). The third-order valence-electron chi connectivity index (χ3n) is 5.50. The highest BCUT2D eigenvalue weighted by Gasteiger charge is 2.37. The van der Waals surface area contributed by atoms with E-state index in [1.54, 1.807) is 0 Å². The molecule has 0 spiro atoms. The first-order valence-electron chi connectivity index (χ1n) is 10.9. The van der Waals surface area contributed by atoms with Gasteiger partial charge in [0.2, 0.25) is 40.4 Å². The van der Waals surface area contributed by atoms with E-state index < -0.39 is 40.4 Å². The molecule has 0 atom stereocenters. The Hall–Kier alpha value is -1.12. The van der Waals surface area contributed by atoms with Gasteiger partial charge < -0.3 is 0 Å². The molecule has 1 saturated carbocycles. The van der Waals surface area contributed by atoms with E-state index in [-0.39, 0.29) is 0 Å². The topological polar surface area (TPSA) is 0 Å². The first kappa shape index (κ1) is 24.2. The fourth-order valence-corrected chi connectivity index (χ4v) is 17.7. The maximum absolute atomic E-state index is 3.82. The molecule has 0 N–H and O–H groups in total. The maximum Gasteiger partial charge on any atom is 0.215 e. The Morgan fingerprint density at radius 1 is 0.414 bits per heavy atom. The summed E-state index contributed by atoms with van der Waals surface area (Å²) in [5.74, 6) is 0. The molecule has 2 aliphatic rings. The third-order valence-corrected chi connectivity index (χ3v) is 16.3. The predicted octanol–water partition coefficient (Wildman–Crippen LogP) is 5.27. The average Bonchev–Trinajstić information content (AvgIpc) is 3.16. The summed E-state index contributed by atoms with van der Waals surface area (Å²) in [5, 5.41) is 0. The lowest BCUT2D eigenvalue weighted by Crippen LogP contribution is -2.36. The van der Waals surface area contributed by atoms with Crippen molar-refractivity contribution >= 4 is 40.4 Å². The molecule has 0 unspecified atom stereocenters. The highest BCUT2D eigenvalue weighted by atomic mass is 28.3. The van der Waals surface area contributed by atoms with E-state index in [2.05, 4.69) is 114 Å². The van der Waals surface area contributed by atoms with Gasteiger partial charge in [0.15, 0.2) is 0 Å². The van der Waals surface area contributed by atoms with Gasteiger partial charge in [0, 0.05) is 0 Å². The monoisotopic (exact) mass is 464 g/mol. The number of hydrogen-bond donors (Lipinski definition) is 0. The minimum Gasteiger partial charge on any atom is -0.122 e. The molecule has 0 amide bonds. The summed E-state index contributed by atoms with van der Waals surface area (Å²) in [6.45, 7) is 20.6. The van der Waals surface area contributed by atoms with Gasteiger partial charge in [-0.2, -0.15) is 0 Å². The van der Waals surface area contributed by atoms with Crippen molar-refractivity contribution in [1.29, 1.82) is 0 Å². The molecule has 0 nitrogen and oxygen atoms in total. The molecule has 152 valence electrons. The molecule has 0 bridgehead atoms. The largest absolute Gasteiger partial charge is 0.215 e. The fourth-order valence-electron chi connectivity index (χ4n) is 3.37. The standard InChI is InChI=1S/C24H36Si5/c1-25(2)14-15-26(3,4)17-19-28(7,8)21-23-29(9,24-12-10-11-13-24)22-20-27(5,6)18-16-25/h24H,10-13H2,1-9H3. The third kappa shape index (κ3) is 7.57. The van der Waals surface area contributed by atoms with Crippen LogP contribution in [0.15, 0.2) is 0 Å². The van der Waals surface area contributed by atoms with Crippen molar-refractivity contribution in [3.8, 4) is 55.4 Å². The molecule has 0 saturated heterocycles. The Kier molecular flexibility index (Phi) is 7.13. The SMILES string of the molecule is C[Si]1(C)C#C[Si](C)(C)C#C[Si](C)(C)C#C[Si](C)(C2CCCC2)C#C[Si](C)(C)C#C1. The molecule has 1 heterocycles. The summed E-state index contributed by atoms with van der Waals surface area (Å²) in [6, 6.07) is 0. The predicted molar refractivity (Wildman–Crippen MR) is 143 cm³/mol. The van der Waals surface area contributed by atoms with Crippen molar-refractivity contribution in [3.63, 3.8) is 0 Å². The second-order valence-corrected chi connectivity index (χ2v) is 29.7. The van der Waals surface area contributed by atoms with Crippen LogP contribution in [0.2, 0.25) is 64.5 Å².